The van der Waals surface area contributed by atoms with Crippen molar-refractivity contribution in [2.45, 2.75) is 30.8 Å². The molecular formula is C25H27ClN6O3. The van der Waals surface area contributed by atoms with Crippen molar-refractivity contribution in [3.8, 4) is 5.75 Å². The predicted octanol–water partition coefficient (Wildman–Crippen LogP) is 2.61. The number of fused-ring (bicyclic) bond motifs is 3. The number of nitrogens with zero attached hydrogens (tertiary/aromatic N) is 5. The van der Waals surface area contributed by atoms with Crippen molar-refractivity contribution in [1.82, 2.24) is 19.9 Å². The van der Waals surface area contributed by atoms with Crippen molar-refractivity contribution in [2.75, 3.05) is 49.5 Å². The van der Waals surface area contributed by atoms with Gasteiger partial charge in [-0.2, -0.15) is 0 Å². The quantitative estimate of drug-likeness (QED) is 0.558. The van der Waals surface area contributed by atoms with Crippen molar-refractivity contribution in [1.29, 1.82) is 0 Å². The number of nitrogens with one attached hydrogen (secondary N) is 1. The van der Waals surface area contributed by atoms with Crippen molar-refractivity contribution >= 4 is 40.0 Å². The summed E-state index contributed by atoms with van der Waals surface area (Å²) in [5.41, 5.74) is 2.14. The molecule has 3 aliphatic heterocycles. The second-order valence-corrected chi connectivity index (χ2v) is 10.4. The van der Waals surface area contributed by atoms with E-state index in [0.717, 1.165) is 49.5 Å². The number of rotatable bonds is 5. The van der Waals surface area contributed by atoms with Gasteiger partial charge >= 0.3 is 0 Å². The van der Waals surface area contributed by atoms with E-state index < -0.39 is 11.0 Å². The average Bonchev–Trinajstić information content (AvgIpc) is 3.08. The highest BCUT2D eigenvalue weighted by Gasteiger charge is 2.48. The molecule has 2 aromatic heterocycles. The molecular weight excluding hydrogens is 468 g/mol. The zero-order chi connectivity index (χ0) is 24.2. The summed E-state index contributed by atoms with van der Waals surface area (Å²) in [4.78, 5) is 30.4. The molecule has 0 saturated carbocycles. The maximum Gasteiger partial charge on any atom is 0.235 e. The molecule has 10 heteroatoms. The lowest BCUT2D eigenvalue weighted by atomic mass is 9.73. The summed E-state index contributed by atoms with van der Waals surface area (Å²) in [6, 6.07) is 7.51. The number of halogens is 1. The van der Waals surface area contributed by atoms with Gasteiger partial charge in [0.05, 0.1) is 22.7 Å². The largest absolute Gasteiger partial charge is 0.491 e. The SMILES string of the molecule is CC1(O)CN(c2ncnc3cc(OCCN4CCC5(CC4)C(=O)Nc4ccc(Cl)cc45)cnc23)C1. The average molecular weight is 495 g/mol. The van der Waals surface area contributed by atoms with Gasteiger partial charge in [0.2, 0.25) is 5.91 Å². The van der Waals surface area contributed by atoms with E-state index in [9.17, 15) is 9.90 Å². The van der Waals surface area contributed by atoms with Crippen LogP contribution in [0.2, 0.25) is 5.02 Å². The molecule has 1 aromatic carbocycles. The number of piperidine rings is 1. The molecule has 0 unspecified atom stereocenters. The topological polar surface area (TPSA) is 104 Å². The van der Waals surface area contributed by atoms with Crippen molar-refractivity contribution < 1.29 is 14.6 Å². The molecule has 3 aliphatic rings. The zero-order valence-corrected chi connectivity index (χ0v) is 20.3. The van der Waals surface area contributed by atoms with Gasteiger partial charge in [-0.15, -0.1) is 0 Å². The number of hydrogen-bond acceptors (Lipinski definition) is 8. The monoisotopic (exact) mass is 494 g/mol. The summed E-state index contributed by atoms with van der Waals surface area (Å²) in [7, 11) is 0. The summed E-state index contributed by atoms with van der Waals surface area (Å²) < 4.78 is 5.99. The fourth-order valence-electron chi connectivity index (χ4n) is 5.48. The smallest absolute Gasteiger partial charge is 0.235 e. The summed E-state index contributed by atoms with van der Waals surface area (Å²) in [5, 5.41) is 13.7. The standard InChI is InChI=1S/C25H27ClN6O3/c1-24(34)13-32(14-24)22-21-20(28-15-29-22)11-17(12-27-21)35-9-8-31-6-4-25(5-7-31)18-10-16(26)2-3-19(18)30-23(25)33/h2-3,10-12,15,34H,4-9,13-14H2,1H3,(H,30,33). The van der Waals surface area contributed by atoms with Crippen LogP contribution in [-0.2, 0) is 10.2 Å². The third-order valence-electron chi connectivity index (χ3n) is 7.36. The summed E-state index contributed by atoms with van der Waals surface area (Å²) in [6.45, 7) is 5.76. The van der Waals surface area contributed by atoms with Crippen LogP contribution < -0.4 is 15.0 Å². The van der Waals surface area contributed by atoms with E-state index in [0.29, 0.717) is 41.5 Å². The van der Waals surface area contributed by atoms with Crippen LogP contribution >= 0.6 is 11.6 Å². The Hall–Kier alpha value is -3.01. The minimum Gasteiger partial charge on any atom is -0.491 e. The highest BCUT2D eigenvalue weighted by molar-refractivity contribution is 6.31. The van der Waals surface area contributed by atoms with E-state index in [1.54, 1.807) is 6.20 Å². The Morgan fingerprint density at radius 2 is 1.97 bits per heavy atom. The third kappa shape index (κ3) is 3.97. The number of amides is 1. The van der Waals surface area contributed by atoms with Crippen molar-refractivity contribution in [3.05, 3.63) is 47.4 Å². The Morgan fingerprint density at radius 3 is 2.74 bits per heavy atom. The van der Waals surface area contributed by atoms with Gasteiger partial charge in [0.15, 0.2) is 5.82 Å². The number of likely N-dealkylation sites (tertiary alicyclic amines) is 1. The lowest BCUT2D eigenvalue weighted by Gasteiger charge is -2.44. The van der Waals surface area contributed by atoms with Crippen molar-refractivity contribution in [3.63, 3.8) is 0 Å². The first-order valence-electron chi connectivity index (χ1n) is 11.9. The Balaban J connectivity index is 1.06. The number of pyridine rings is 1. The number of β-amino-alcohol motifs (C(OH)–C–C–N with tert-alkyl or cyclic N) is 1. The molecule has 0 bridgehead atoms. The van der Waals surface area contributed by atoms with Crippen LogP contribution in [0, 0.1) is 0 Å². The molecule has 1 amide bonds. The molecule has 5 heterocycles. The maximum atomic E-state index is 12.8. The molecule has 6 rings (SSSR count). The normalized spacial score (nSPS) is 20.5. The minimum absolute atomic E-state index is 0.0797. The Kier molecular flexibility index (Phi) is 5.32. The second-order valence-electron chi connectivity index (χ2n) is 10.0. The molecule has 0 radical (unpaired) electrons. The van der Waals surface area contributed by atoms with Crippen LogP contribution in [0.25, 0.3) is 11.0 Å². The number of anilines is 2. The Morgan fingerprint density at radius 1 is 1.17 bits per heavy atom. The highest BCUT2D eigenvalue weighted by Crippen LogP contribution is 2.45. The van der Waals surface area contributed by atoms with Gasteiger partial charge in [-0.1, -0.05) is 11.6 Å². The number of ether oxygens (including phenoxy) is 1. The predicted molar refractivity (Wildman–Crippen MR) is 133 cm³/mol. The molecule has 9 nitrogen and oxygen atoms in total. The van der Waals surface area contributed by atoms with Crippen LogP contribution in [0.4, 0.5) is 11.5 Å². The van der Waals surface area contributed by atoms with Gasteiger partial charge in [0, 0.05) is 36.4 Å². The molecule has 182 valence electrons. The Bertz CT molecular complexity index is 1300. The van der Waals surface area contributed by atoms with Gasteiger partial charge in [-0.25, -0.2) is 15.0 Å². The number of carbonyl (C=O) groups excluding carboxylic acids is 1. The van der Waals surface area contributed by atoms with Gasteiger partial charge in [0.25, 0.3) is 0 Å². The van der Waals surface area contributed by atoms with E-state index in [1.807, 2.05) is 36.1 Å². The first-order valence-corrected chi connectivity index (χ1v) is 12.3. The third-order valence-corrected chi connectivity index (χ3v) is 7.59. The van der Waals surface area contributed by atoms with Crippen LogP contribution in [-0.4, -0.2) is 75.8 Å². The fourth-order valence-corrected chi connectivity index (χ4v) is 5.65. The van der Waals surface area contributed by atoms with E-state index in [2.05, 4.69) is 25.2 Å². The molecule has 35 heavy (non-hydrogen) atoms. The van der Waals surface area contributed by atoms with Gasteiger partial charge in [-0.3, -0.25) is 9.69 Å². The van der Waals surface area contributed by atoms with Gasteiger partial charge in [0.1, 0.15) is 24.2 Å². The zero-order valence-electron chi connectivity index (χ0n) is 19.5. The summed E-state index contributed by atoms with van der Waals surface area (Å²) in [5.74, 6) is 1.47. The summed E-state index contributed by atoms with van der Waals surface area (Å²) >= 11 is 6.22. The van der Waals surface area contributed by atoms with Crippen molar-refractivity contribution in [2.24, 2.45) is 0 Å². The molecule has 2 fully saturated rings. The number of carbonyl (C=O) groups is 1. The fraction of sp³-hybridized carbons (Fsp3) is 0.440. The maximum absolute atomic E-state index is 12.8. The van der Waals surface area contributed by atoms with Gasteiger partial charge in [-0.05, 0) is 56.6 Å². The van der Waals surface area contributed by atoms with E-state index in [-0.39, 0.29) is 5.91 Å². The molecule has 0 aliphatic carbocycles. The van der Waals surface area contributed by atoms with Gasteiger partial charge < -0.3 is 20.1 Å². The van der Waals surface area contributed by atoms with E-state index in [4.69, 9.17) is 16.3 Å². The van der Waals surface area contributed by atoms with Crippen LogP contribution in [0.3, 0.4) is 0 Å². The summed E-state index contributed by atoms with van der Waals surface area (Å²) in [6.07, 6.45) is 4.73. The number of aliphatic hydroxyl groups is 1. The second kappa shape index (κ2) is 8.29. The first kappa shape index (κ1) is 22.5. The molecule has 3 aromatic rings. The Labute approximate surface area is 208 Å². The molecule has 1 spiro atoms. The van der Waals surface area contributed by atoms with Crippen LogP contribution in [0.15, 0.2) is 36.8 Å². The first-order chi connectivity index (χ1) is 16.8. The number of aromatic nitrogens is 3. The number of hydrogen-bond donors (Lipinski definition) is 2. The molecule has 2 N–H and O–H groups in total. The molecule has 2 saturated heterocycles. The highest BCUT2D eigenvalue weighted by atomic mass is 35.5. The number of benzene rings is 1. The van der Waals surface area contributed by atoms with E-state index in [1.165, 1.54) is 6.33 Å². The van der Waals surface area contributed by atoms with E-state index >= 15 is 0 Å². The minimum atomic E-state index is -0.688. The lowest BCUT2D eigenvalue weighted by molar-refractivity contribution is -0.122. The van der Waals surface area contributed by atoms with Crippen LogP contribution in [0.1, 0.15) is 25.3 Å². The van der Waals surface area contributed by atoms with Crippen LogP contribution in [0.5, 0.6) is 5.75 Å². The molecule has 0 atom stereocenters. The lowest BCUT2D eigenvalue weighted by Crippen LogP contribution is -2.60.